The highest BCUT2D eigenvalue weighted by Gasteiger charge is 2.18. The summed E-state index contributed by atoms with van der Waals surface area (Å²) in [6.07, 6.45) is 1.59. The molecule has 0 fully saturated rings. The van der Waals surface area contributed by atoms with Gasteiger partial charge in [0, 0.05) is 17.8 Å². The van der Waals surface area contributed by atoms with Crippen LogP contribution in [0.5, 0.6) is 0 Å². The molecule has 1 N–H and O–H groups in total. The van der Waals surface area contributed by atoms with Gasteiger partial charge in [-0.05, 0) is 19.8 Å². The molecule has 0 saturated heterocycles. The van der Waals surface area contributed by atoms with Gasteiger partial charge in [-0.2, -0.15) is 0 Å². The van der Waals surface area contributed by atoms with Crippen LogP contribution in [-0.4, -0.2) is 30.5 Å². The van der Waals surface area contributed by atoms with E-state index in [1.54, 1.807) is 14.0 Å². The number of carbonyl (C=O) groups is 1. The zero-order chi connectivity index (χ0) is 12.0. The zero-order valence-corrected chi connectivity index (χ0v) is 11.0. The normalized spacial score (nSPS) is 10.2. The number of ether oxygens (including phenoxy) is 1. The van der Waals surface area contributed by atoms with Crippen molar-refractivity contribution in [1.29, 1.82) is 0 Å². The van der Waals surface area contributed by atoms with Gasteiger partial charge in [0.25, 0.3) is 0 Å². The Bertz CT molecular complexity index is 355. The number of rotatable bonds is 6. The molecule has 4 nitrogen and oxygen atoms in total. The van der Waals surface area contributed by atoms with Crippen molar-refractivity contribution in [3.63, 3.8) is 0 Å². The van der Waals surface area contributed by atoms with Crippen LogP contribution in [0.15, 0.2) is 0 Å². The summed E-state index contributed by atoms with van der Waals surface area (Å²) in [6, 6.07) is 0. The van der Waals surface area contributed by atoms with E-state index in [0.29, 0.717) is 18.2 Å². The van der Waals surface area contributed by atoms with Crippen LogP contribution in [-0.2, 0) is 11.2 Å². The smallest absolute Gasteiger partial charge is 0.358 e. The van der Waals surface area contributed by atoms with Gasteiger partial charge in [0.05, 0.1) is 6.61 Å². The highest BCUT2D eigenvalue weighted by molar-refractivity contribution is 7.15. The van der Waals surface area contributed by atoms with Crippen molar-refractivity contribution in [1.82, 2.24) is 4.98 Å². The number of aromatic nitrogens is 1. The van der Waals surface area contributed by atoms with E-state index in [4.69, 9.17) is 16.3 Å². The number of carbonyl (C=O) groups excluding carboxylic acids is 1. The average Bonchev–Trinajstić information content (AvgIpc) is 2.70. The van der Waals surface area contributed by atoms with E-state index in [1.807, 2.05) is 0 Å². The predicted molar refractivity (Wildman–Crippen MR) is 66.7 cm³/mol. The number of halogens is 1. The van der Waals surface area contributed by atoms with Crippen molar-refractivity contribution in [2.75, 3.05) is 24.9 Å². The molecular weight excluding hydrogens is 248 g/mol. The fourth-order valence-corrected chi connectivity index (χ4v) is 2.29. The lowest BCUT2D eigenvalue weighted by molar-refractivity contribution is 0.0519. The Morgan fingerprint density at radius 3 is 2.94 bits per heavy atom. The van der Waals surface area contributed by atoms with Crippen LogP contribution in [0.4, 0.5) is 5.13 Å². The van der Waals surface area contributed by atoms with Crippen molar-refractivity contribution in [2.45, 2.75) is 19.8 Å². The molecule has 0 atom stereocenters. The molecule has 1 heterocycles. The van der Waals surface area contributed by atoms with Crippen molar-refractivity contribution < 1.29 is 9.53 Å². The van der Waals surface area contributed by atoms with Crippen molar-refractivity contribution in [3.05, 3.63) is 10.6 Å². The summed E-state index contributed by atoms with van der Waals surface area (Å²) in [5.74, 6) is 0.222. The minimum Gasteiger partial charge on any atom is -0.461 e. The van der Waals surface area contributed by atoms with Gasteiger partial charge in [0.1, 0.15) is 0 Å². The standard InChI is InChI=1S/C10H15ClN2O2S/c1-3-15-9(14)8-7(5-4-6-11)16-10(12-2)13-8/h3-6H2,1-2H3,(H,12,13). The first-order valence-corrected chi connectivity index (χ1v) is 6.48. The van der Waals surface area contributed by atoms with E-state index in [9.17, 15) is 4.79 Å². The molecule has 0 saturated carbocycles. The van der Waals surface area contributed by atoms with Crippen LogP contribution in [0.25, 0.3) is 0 Å². The van der Waals surface area contributed by atoms with Crippen molar-refractivity contribution in [3.8, 4) is 0 Å². The van der Waals surface area contributed by atoms with Crippen LogP contribution < -0.4 is 5.32 Å². The molecule has 0 aliphatic rings. The lowest BCUT2D eigenvalue weighted by atomic mass is 10.2. The second-order valence-electron chi connectivity index (χ2n) is 3.05. The van der Waals surface area contributed by atoms with E-state index < -0.39 is 0 Å². The fraction of sp³-hybridized carbons (Fsp3) is 0.600. The SMILES string of the molecule is CCOC(=O)c1nc(NC)sc1CCCCl. The predicted octanol–water partition coefficient (Wildman–Crippen LogP) is 2.53. The Hall–Kier alpha value is -0.810. The van der Waals surface area contributed by atoms with Crippen LogP contribution in [0.1, 0.15) is 28.7 Å². The van der Waals surface area contributed by atoms with Crippen LogP contribution in [0.2, 0.25) is 0 Å². The number of aryl methyl sites for hydroxylation is 1. The van der Waals surface area contributed by atoms with Gasteiger partial charge in [-0.15, -0.1) is 22.9 Å². The number of esters is 1. The molecule has 0 spiro atoms. The topological polar surface area (TPSA) is 51.2 Å². The minimum atomic E-state index is -0.357. The van der Waals surface area contributed by atoms with E-state index in [-0.39, 0.29) is 5.97 Å². The first-order chi connectivity index (χ1) is 7.72. The van der Waals surface area contributed by atoms with Crippen molar-refractivity contribution in [2.24, 2.45) is 0 Å². The number of thiazole rings is 1. The van der Waals surface area contributed by atoms with Gasteiger partial charge in [-0.1, -0.05) is 0 Å². The zero-order valence-electron chi connectivity index (χ0n) is 9.38. The first kappa shape index (κ1) is 13.3. The molecule has 90 valence electrons. The summed E-state index contributed by atoms with van der Waals surface area (Å²) in [6.45, 7) is 2.14. The van der Waals surface area contributed by atoms with Gasteiger partial charge in [-0.3, -0.25) is 0 Å². The van der Waals surface area contributed by atoms with Crippen molar-refractivity contribution >= 4 is 34.0 Å². The third-order valence-electron chi connectivity index (χ3n) is 1.92. The maximum Gasteiger partial charge on any atom is 0.358 e. The third-order valence-corrected chi connectivity index (χ3v) is 3.32. The maximum absolute atomic E-state index is 11.6. The van der Waals surface area contributed by atoms with Gasteiger partial charge in [-0.25, -0.2) is 9.78 Å². The maximum atomic E-state index is 11.6. The summed E-state index contributed by atoms with van der Waals surface area (Å²) < 4.78 is 4.95. The molecule has 0 aromatic carbocycles. The van der Waals surface area contributed by atoms with Crippen LogP contribution >= 0.6 is 22.9 Å². The Labute approximate surface area is 104 Å². The summed E-state index contributed by atoms with van der Waals surface area (Å²) in [5.41, 5.74) is 0.418. The molecule has 0 radical (unpaired) electrons. The molecule has 0 bridgehead atoms. The molecule has 0 amide bonds. The molecule has 0 aliphatic heterocycles. The Morgan fingerprint density at radius 2 is 2.38 bits per heavy atom. The Morgan fingerprint density at radius 1 is 1.62 bits per heavy atom. The fourth-order valence-electron chi connectivity index (χ4n) is 1.21. The van der Waals surface area contributed by atoms with Gasteiger partial charge in [0.2, 0.25) is 0 Å². The third kappa shape index (κ3) is 3.35. The highest BCUT2D eigenvalue weighted by Crippen LogP contribution is 2.24. The van der Waals surface area contributed by atoms with Gasteiger partial charge < -0.3 is 10.1 Å². The van der Waals surface area contributed by atoms with E-state index in [1.165, 1.54) is 11.3 Å². The monoisotopic (exact) mass is 262 g/mol. The van der Waals surface area contributed by atoms with Gasteiger partial charge >= 0.3 is 5.97 Å². The number of hydrogen-bond donors (Lipinski definition) is 1. The lowest BCUT2D eigenvalue weighted by Crippen LogP contribution is -2.08. The molecule has 16 heavy (non-hydrogen) atoms. The summed E-state index contributed by atoms with van der Waals surface area (Å²) in [7, 11) is 1.78. The quantitative estimate of drug-likeness (QED) is 0.632. The second kappa shape index (κ2) is 6.70. The molecule has 0 unspecified atom stereocenters. The average molecular weight is 263 g/mol. The van der Waals surface area contributed by atoms with E-state index >= 15 is 0 Å². The van der Waals surface area contributed by atoms with Crippen LogP contribution in [0, 0.1) is 0 Å². The number of alkyl halides is 1. The Balaban J connectivity index is 2.86. The molecule has 1 aromatic heterocycles. The molecular formula is C10H15ClN2O2S. The number of hydrogen-bond acceptors (Lipinski definition) is 5. The van der Waals surface area contributed by atoms with Gasteiger partial charge in [0.15, 0.2) is 10.8 Å². The Kier molecular flexibility index (Phi) is 5.55. The first-order valence-electron chi connectivity index (χ1n) is 5.13. The van der Waals surface area contributed by atoms with Crippen LogP contribution in [0.3, 0.4) is 0 Å². The molecule has 1 rings (SSSR count). The van der Waals surface area contributed by atoms with E-state index in [2.05, 4.69) is 10.3 Å². The number of nitrogens with one attached hydrogen (secondary N) is 1. The number of nitrogens with zero attached hydrogens (tertiary/aromatic N) is 1. The second-order valence-corrected chi connectivity index (χ2v) is 4.52. The summed E-state index contributed by atoms with van der Waals surface area (Å²) in [4.78, 5) is 16.7. The largest absolute Gasteiger partial charge is 0.461 e. The lowest BCUT2D eigenvalue weighted by Gasteiger charge is -2.00. The summed E-state index contributed by atoms with van der Waals surface area (Å²) >= 11 is 7.11. The highest BCUT2D eigenvalue weighted by atomic mass is 35.5. The minimum absolute atomic E-state index is 0.357. The number of anilines is 1. The van der Waals surface area contributed by atoms with E-state index in [0.717, 1.165) is 22.9 Å². The summed E-state index contributed by atoms with van der Waals surface area (Å²) in [5, 5.41) is 3.66. The molecule has 6 heteroatoms. The molecule has 1 aromatic rings. The molecule has 0 aliphatic carbocycles.